The van der Waals surface area contributed by atoms with Crippen molar-refractivity contribution in [3.05, 3.63) is 52.2 Å². The lowest BCUT2D eigenvalue weighted by Gasteiger charge is -2.44. The minimum Gasteiger partial charge on any atom is -0.444 e. The van der Waals surface area contributed by atoms with E-state index in [1.807, 2.05) is 36.6 Å². The number of ether oxygens (including phenoxy) is 1. The number of carbonyl (C=O) groups excluding carboxylic acids is 1. The molecule has 1 aromatic heterocycles. The van der Waals surface area contributed by atoms with Crippen molar-refractivity contribution in [2.24, 2.45) is 5.92 Å². The number of hydrogen-bond acceptors (Lipinski definition) is 4. The number of anilines is 1. The zero-order valence-electron chi connectivity index (χ0n) is 15.0. The number of carbonyl (C=O) groups is 1. The van der Waals surface area contributed by atoms with Crippen LogP contribution in [0.1, 0.15) is 24.0 Å². The molecule has 1 atom stereocenters. The van der Waals surface area contributed by atoms with E-state index in [1.54, 1.807) is 16.2 Å². The normalized spacial score (nSPS) is 24.0. The van der Waals surface area contributed by atoms with Gasteiger partial charge in [0, 0.05) is 12.2 Å². The summed E-state index contributed by atoms with van der Waals surface area (Å²) in [5, 5.41) is 4.13. The van der Waals surface area contributed by atoms with Crippen molar-refractivity contribution < 1.29 is 9.53 Å². The zero-order valence-corrected chi connectivity index (χ0v) is 16.6. The van der Waals surface area contributed by atoms with Gasteiger partial charge in [-0.3, -0.25) is 9.80 Å². The Morgan fingerprint density at radius 1 is 1.31 bits per heavy atom. The molecule has 0 radical (unpaired) electrons. The molecule has 6 heteroatoms. The molecule has 0 spiro atoms. The SMILES string of the molecule is Cc1cccc(N(Cc2ccsc2)C(=O)O[C@H]2CN3CCC2CC3)c1.Cl. The van der Waals surface area contributed by atoms with E-state index < -0.39 is 0 Å². The number of aryl methyl sites for hydroxylation is 1. The number of halogens is 1. The fourth-order valence-electron chi connectivity index (χ4n) is 3.86. The molecular formula is C20H25ClN2O2S. The molecule has 2 aromatic rings. The van der Waals surface area contributed by atoms with Crippen LogP contribution >= 0.6 is 23.7 Å². The average Bonchev–Trinajstić information content (AvgIpc) is 3.14. The van der Waals surface area contributed by atoms with Gasteiger partial charge in [-0.15, -0.1) is 12.4 Å². The van der Waals surface area contributed by atoms with E-state index in [2.05, 4.69) is 16.3 Å². The van der Waals surface area contributed by atoms with Crippen LogP contribution in [0.3, 0.4) is 0 Å². The molecule has 1 aromatic carbocycles. The lowest BCUT2D eigenvalue weighted by molar-refractivity contribution is -0.0311. The van der Waals surface area contributed by atoms with E-state index in [0.717, 1.165) is 49.3 Å². The second-order valence-electron chi connectivity index (χ2n) is 7.12. The van der Waals surface area contributed by atoms with Gasteiger partial charge in [-0.1, -0.05) is 12.1 Å². The van der Waals surface area contributed by atoms with Gasteiger partial charge in [0.2, 0.25) is 0 Å². The fourth-order valence-corrected chi connectivity index (χ4v) is 4.52. The van der Waals surface area contributed by atoms with E-state index in [9.17, 15) is 4.79 Å². The van der Waals surface area contributed by atoms with Gasteiger partial charge in [0.05, 0.1) is 6.54 Å². The Balaban J connectivity index is 0.00000196. The highest BCUT2D eigenvalue weighted by Crippen LogP contribution is 2.31. The van der Waals surface area contributed by atoms with Gasteiger partial charge in [0.1, 0.15) is 6.10 Å². The largest absolute Gasteiger partial charge is 0.444 e. The Labute approximate surface area is 165 Å². The molecular weight excluding hydrogens is 368 g/mol. The van der Waals surface area contributed by atoms with Crippen LogP contribution < -0.4 is 4.90 Å². The molecule has 4 heterocycles. The van der Waals surface area contributed by atoms with Crippen LogP contribution in [0.15, 0.2) is 41.1 Å². The number of amides is 1. The van der Waals surface area contributed by atoms with Crippen LogP contribution in [0, 0.1) is 12.8 Å². The third kappa shape index (κ3) is 4.22. The van der Waals surface area contributed by atoms with Crippen molar-refractivity contribution in [1.82, 2.24) is 4.90 Å². The Morgan fingerprint density at radius 2 is 2.12 bits per heavy atom. The molecule has 3 aliphatic rings. The maximum absolute atomic E-state index is 13.0. The minimum atomic E-state index is -0.226. The molecule has 0 N–H and O–H groups in total. The van der Waals surface area contributed by atoms with Crippen LogP contribution in [0.2, 0.25) is 0 Å². The summed E-state index contributed by atoms with van der Waals surface area (Å²) in [5.74, 6) is 0.523. The molecule has 1 amide bonds. The summed E-state index contributed by atoms with van der Waals surface area (Å²) in [6, 6.07) is 10.1. The number of nitrogens with zero attached hydrogens (tertiary/aromatic N) is 2. The topological polar surface area (TPSA) is 32.8 Å². The first kappa shape index (κ1) is 19.2. The van der Waals surface area contributed by atoms with Gasteiger partial charge in [-0.2, -0.15) is 11.3 Å². The van der Waals surface area contributed by atoms with E-state index in [4.69, 9.17) is 4.74 Å². The van der Waals surface area contributed by atoms with Crippen molar-refractivity contribution in [2.45, 2.75) is 32.4 Å². The number of benzene rings is 1. The maximum Gasteiger partial charge on any atom is 0.414 e. The first-order valence-electron chi connectivity index (χ1n) is 8.97. The number of piperidine rings is 3. The molecule has 0 saturated carbocycles. The molecule has 3 fully saturated rings. The zero-order chi connectivity index (χ0) is 17.2. The summed E-state index contributed by atoms with van der Waals surface area (Å²) in [4.78, 5) is 17.2. The maximum atomic E-state index is 13.0. The Morgan fingerprint density at radius 3 is 2.73 bits per heavy atom. The van der Waals surface area contributed by atoms with Crippen LogP contribution in [0.25, 0.3) is 0 Å². The number of thiophene rings is 1. The van der Waals surface area contributed by atoms with Crippen LogP contribution in [-0.4, -0.2) is 36.7 Å². The molecule has 5 rings (SSSR count). The molecule has 0 unspecified atom stereocenters. The van der Waals surface area contributed by atoms with E-state index in [0.29, 0.717) is 12.5 Å². The summed E-state index contributed by atoms with van der Waals surface area (Å²) in [6.45, 7) is 5.78. The summed E-state index contributed by atoms with van der Waals surface area (Å²) in [5.41, 5.74) is 3.18. The first-order chi connectivity index (χ1) is 12.2. The average molecular weight is 393 g/mol. The number of hydrogen-bond donors (Lipinski definition) is 0. The Hall–Kier alpha value is -1.56. The molecule has 0 aliphatic carbocycles. The highest BCUT2D eigenvalue weighted by molar-refractivity contribution is 7.07. The van der Waals surface area contributed by atoms with Gasteiger partial charge in [-0.05, 0) is 78.9 Å². The highest BCUT2D eigenvalue weighted by atomic mass is 35.5. The number of rotatable bonds is 4. The Bertz CT molecular complexity index is 729. The van der Waals surface area contributed by atoms with E-state index in [-0.39, 0.29) is 24.6 Å². The number of fused-ring (bicyclic) bond motifs is 3. The van der Waals surface area contributed by atoms with Crippen LogP contribution in [-0.2, 0) is 11.3 Å². The third-order valence-corrected chi connectivity index (χ3v) is 6.03. The van der Waals surface area contributed by atoms with Gasteiger partial charge in [-0.25, -0.2) is 4.79 Å². The quantitative estimate of drug-likeness (QED) is 0.754. The van der Waals surface area contributed by atoms with Gasteiger partial charge in [0.25, 0.3) is 0 Å². The summed E-state index contributed by atoms with van der Waals surface area (Å²) in [6.07, 6.45) is 2.10. The minimum absolute atomic E-state index is 0. The predicted molar refractivity (Wildman–Crippen MR) is 108 cm³/mol. The molecule has 3 aliphatic heterocycles. The summed E-state index contributed by atoms with van der Waals surface area (Å²) in [7, 11) is 0. The predicted octanol–water partition coefficient (Wildman–Crippen LogP) is 4.72. The van der Waals surface area contributed by atoms with E-state index >= 15 is 0 Å². The van der Waals surface area contributed by atoms with Crippen molar-refractivity contribution in [3.8, 4) is 0 Å². The van der Waals surface area contributed by atoms with Crippen molar-refractivity contribution in [1.29, 1.82) is 0 Å². The summed E-state index contributed by atoms with van der Waals surface area (Å²) >= 11 is 1.65. The van der Waals surface area contributed by atoms with E-state index in [1.165, 1.54) is 0 Å². The third-order valence-electron chi connectivity index (χ3n) is 5.30. The lowest BCUT2D eigenvalue weighted by Crippen LogP contribution is -2.53. The van der Waals surface area contributed by atoms with Crippen molar-refractivity contribution >= 4 is 35.5 Å². The van der Waals surface area contributed by atoms with Crippen LogP contribution in [0.4, 0.5) is 10.5 Å². The van der Waals surface area contributed by atoms with Gasteiger partial charge in [0.15, 0.2) is 0 Å². The first-order valence-corrected chi connectivity index (χ1v) is 9.91. The summed E-state index contributed by atoms with van der Waals surface area (Å²) < 4.78 is 5.98. The Kier molecular flexibility index (Phi) is 6.22. The molecule has 4 nitrogen and oxygen atoms in total. The van der Waals surface area contributed by atoms with Crippen molar-refractivity contribution in [2.75, 3.05) is 24.5 Å². The molecule has 2 bridgehead atoms. The van der Waals surface area contributed by atoms with Gasteiger partial charge < -0.3 is 4.74 Å². The van der Waals surface area contributed by atoms with Gasteiger partial charge >= 0.3 is 6.09 Å². The molecule has 26 heavy (non-hydrogen) atoms. The highest BCUT2D eigenvalue weighted by Gasteiger charge is 2.37. The smallest absolute Gasteiger partial charge is 0.414 e. The lowest BCUT2D eigenvalue weighted by atomic mass is 9.86. The second kappa shape index (κ2) is 8.42. The van der Waals surface area contributed by atoms with Crippen LogP contribution in [0.5, 0.6) is 0 Å². The fraction of sp³-hybridized carbons (Fsp3) is 0.450. The molecule has 3 saturated heterocycles. The second-order valence-corrected chi connectivity index (χ2v) is 7.90. The standard InChI is InChI=1S/C20H24N2O2S.ClH/c1-15-3-2-4-18(11-15)22(12-16-7-10-25-14-16)20(23)24-19-13-21-8-5-17(19)6-9-21;/h2-4,7,10-11,14,17,19H,5-6,8-9,12-13H2,1H3;1H/t19-;/m0./s1. The molecule has 140 valence electrons. The van der Waals surface area contributed by atoms with Crippen molar-refractivity contribution in [3.63, 3.8) is 0 Å². The monoisotopic (exact) mass is 392 g/mol.